The maximum Gasteiger partial charge on any atom is 0.438 e. The summed E-state index contributed by atoms with van der Waals surface area (Å²) in [5, 5.41) is 10.4. The monoisotopic (exact) mass is 488 g/mol. The van der Waals surface area contributed by atoms with Gasteiger partial charge in [-0.2, -0.15) is 31.4 Å². The van der Waals surface area contributed by atoms with E-state index >= 15 is 0 Å². The zero-order valence-corrected chi connectivity index (χ0v) is 16.8. The number of halogens is 7. The van der Waals surface area contributed by atoms with Crippen molar-refractivity contribution < 1.29 is 30.9 Å². The smallest absolute Gasteiger partial charge is 0.296 e. The van der Waals surface area contributed by atoms with Crippen molar-refractivity contribution in [2.24, 2.45) is 0 Å². The third kappa shape index (κ3) is 4.65. The van der Waals surface area contributed by atoms with Gasteiger partial charge in [0.15, 0.2) is 5.82 Å². The van der Waals surface area contributed by atoms with E-state index in [1.807, 2.05) is 0 Å². The molecule has 33 heavy (non-hydrogen) atoms. The molecule has 0 bridgehead atoms. The van der Waals surface area contributed by atoms with Crippen LogP contribution in [0.15, 0.2) is 58.0 Å². The molecule has 0 saturated carbocycles. The van der Waals surface area contributed by atoms with Gasteiger partial charge < -0.3 is 0 Å². The minimum Gasteiger partial charge on any atom is -0.296 e. The molecule has 13 heteroatoms. The van der Waals surface area contributed by atoms with Crippen LogP contribution in [0, 0.1) is 0 Å². The van der Waals surface area contributed by atoms with E-state index in [2.05, 4.69) is 24.9 Å². The molecule has 2 N–H and O–H groups in total. The van der Waals surface area contributed by atoms with E-state index in [0.29, 0.717) is 22.7 Å². The predicted octanol–water partition coefficient (Wildman–Crippen LogP) is 5.62. The molecule has 6 nitrogen and oxygen atoms in total. The number of benzene rings is 2. The molecule has 4 rings (SSSR count). The number of aromatic amines is 2. The number of aromatic nitrogens is 4. The molecule has 4 aromatic rings. The number of H-pyrrole nitrogens is 2. The van der Waals surface area contributed by atoms with Gasteiger partial charge in [0.2, 0.25) is 0 Å². The molecule has 0 amide bonds. The second-order valence-corrected chi connectivity index (χ2v) is 7.40. The molecule has 0 radical (unpaired) electrons. The van der Waals surface area contributed by atoms with Gasteiger partial charge >= 0.3 is 18.1 Å². The van der Waals surface area contributed by atoms with Crippen LogP contribution in [0.3, 0.4) is 0 Å². The summed E-state index contributed by atoms with van der Waals surface area (Å²) in [4.78, 5) is 13.8. The third-order valence-electron chi connectivity index (χ3n) is 4.77. The summed E-state index contributed by atoms with van der Waals surface area (Å²) in [5.41, 5.74) is -2.64. The Morgan fingerprint density at radius 2 is 1.64 bits per heavy atom. The SMILES string of the molecule is O=c1[nH]c(C(c2cc(C(F)(F)F)cc(C(F)(F)F)c2)c2cn[nH]c2-c2cccc(Cl)c2)no1. The zero-order chi connectivity index (χ0) is 24.0. The van der Waals surface area contributed by atoms with Gasteiger partial charge in [-0.05, 0) is 35.9 Å². The average Bonchev–Trinajstić information content (AvgIpc) is 3.36. The predicted molar refractivity (Wildman–Crippen MR) is 104 cm³/mol. The normalized spacial score (nSPS) is 13.3. The van der Waals surface area contributed by atoms with Gasteiger partial charge in [0.05, 0.1) is 28.9 Å². The Bertz CT molecular complexity index is 1320. The summed E-state index contributed by atoms with van der Waals surface area (Å²) >= 11 is 6.01. The molecule has 0 spiro atoms. The van der Waals surface area contributed by atoms with Crippen molar-refractivity contribution in [3.05, 3.63) is 92.3 Å². The summed E-state index contributed by atoms with van der Waals surface area (Å²) in [6, 6.07) is 7.44. The average molecular weight is 489 g/mol. The quantitative estimate of drug-likeness (QED) is 0.365. The third-order valence-corrected chi connectivity index (χ3v) is 5.00. The second-order valence-electron chi connectivity index (χ2n) is 6.96. The Morgan fingerprint density at radius 1 is 0.970 bits per heavy atom. The number of nitrogens with one attached hydrogen (secondary N) is 2. The Morgan fingerprint density at radius 3 is 2.18 bits per heavy atom. The van der Waals surface area contributed by atoms with E-state index < -0.39 is 40.7 Å². The number of nitrogens with zero attached hydrogens (tertiary/aromatic N) is 2. The zero-order valence-electron chi connectivity index (χ0n) is 16.1. The van der Waals surface area contributed by atoms with Gasteiger partial charge in [-0.25, -0.2) is 4.79 Å². The van der Waals surface area contributed by atoms with E-state index in [1.165, 1.54) is 12.3 Å². The lowest BCUT2D eigenvalue weighted by atomic mass is 9.87. The molecular formula is C20H11ClF6N4O2. The van der Waals surface area contributed by atoms with Gasteiger partial charge in [-0.15, -0.1) is 0 Å². The fraction of sp³-hybridized carbons (Fsp3) is 0.150. The first-order valence-electron chi connectivity index (χ1n) is 9.08. The summed E-state index contributed by atoms with van der Waals surface area (Å²) in [6.07, 6.45) is -8.92. The van der Waals surface area contributed by atoms with Crippen molar-refractivity contribution in [3.63, 3.8) is 0 Å². The highest BCUT2D eigenvalue weighted by atomic mass is 35.5. The number of alkyl halides is 6. The fourth-order valence-electron chi connectivity index (χ4n) is 3.39. The maximum absolute atomic E-state index is 13.4. The highest BCUT2D eigenvalue weighted by Crippen LogP contribution is 2.41. The van der Waals surface area contributed by atoms with Crippen LogP contribution in [-0.4, -0.2) is 20.3 Å². The molecule has 0 saturated heterocycles. The largest absolute Gasteiger partial charge is 0.438 e. The van der Waals surface area contributed by atoms with Gasteiger partial charge in [0, 0.05) is 16.1 Å². The molecule has 1 atom stereocenters. The van der Waals surface area contributed by atoms with Crippen molar-refractivity contribution in [1.29, 1.82) is 0 Å². The molecule has 2 aromatic carbocycles. The van der Waals surface area contributed by atoms with Crippen molar-refractivity contribution >= 4 is 11.6 Å². The van der Waals surface area contributed by atoms with Gasteiger partial charge in [0.1, 0.15) is 0 Å². The van der Waals surface area contributed by atoms with Gasteiger partial charge in [-0.1, -0.05) is 28.9 Å². The first-order chi connectivity index (χ1) is 15.4. The van der Waals surface area contributed by atoms with Crippen molar-refractivity contribution in [2.45, 2.75) is 18.3 Å². The lowest BCUT2D eigenvalue weighted by molar-refractivity contribution is -0.143. The number of rotatable bonds is 4. The molecular weight excluding hydrogens is 478 g/mol. The molecule has 0 aliphatic heterocycles. The molecule has 1 unspecified atom stereocenters. The van der Waals surface area contributed by atoms with E-state index in [4.69, 9.17) is 11.6 Å². The van der Waals surface area contributed by atoms with Crippen molar-refractivity contribution in [2.75, 3.05) is 0 Å². The van der Waals surface area contributed by atoms with Crippen LogP contribution in [0.2, 0.25) is 5.02 Å². The Labute approximate surface area is 185 Å². The topological polar surface area (TPSA) is 87.6 Å². The van der Waals surface area contributed by atoms with E-state index in [9.17, 15) is 31.1 Å². The standard InChI is InChI=1S/C20H11ClF6N4O2/c21-13-3-1-2-9(6-13)16-14(8-28-30-16)15(17-29-18(32)33-31-17)10-4-11(19(22,23)24)7-12(5-10)20(25,26)27/h1-8,15H,(H,28,30)(H,29,31,32). The molecule has 172 valence electrons. The highest BCUT2D eigenvalue weighted by Gasteiger charge is 2.38. The van der Waals surface area contributed by atoms with E-state index in [1.54, 1.807) is 18.2 Å². The second kappa shape index (κ2) is 8.10. The molecule has 2 aromatic heterocycles. The highest BCUT2D eigenvalue weighted by molar-refractivity contribution is 6.30. The summed E-state index contributed by atoms with van der Waals surface area (Å²) in [7, 11) is 0. The van der Waals surface area contributed by atoms with E-state index in [0.717, 1.165) is 0 Å². The van der Waals surface area contributed by atoms with Gasteiger partial charge in [0.25, 0.3) is 0 Å². The summed E-state index contributed by atoms with van der Waals surface area (Å²) < 4.78 is 85.1. The lowest BCUT2D eigenvalue weighted by Gasteiger charge is -2.19. The van der Waals surface area contributed by atoms with Gasteiger partial charge in [-0.3, -0.25) is 14.6 Å². The fourth-order valence-corrected chi connectivity index (χ4v) is 3.58. The van der Waals surface area contributed by atoms with Crippen LogP contribution < -0.4 is 5.76 Å². The Kier molecular flexibility index (Phi) is 5.56. The summed E-state index contributed by atoms with van der Waals surface area (Å²) in [6.45, 7) is 0. The first-order valence-corrected chi connectivity index (χ1v) is 9.46. The molecule has 0 aliphatic carbocycles. The van der Waals surface area contributed by atoms with Crippen molar-refractivity contribution in [3.8, 4) is 11.3 Å². The van der Waals surface area contributed by atoms with Crippen molar-refractivity contribution in [1.82, 2.24) is 20.3 Å². The molecule has 2 heterocycles. The van der Waals surface area contributed by atoms with Crippen LogP contribution in [0.5, 0.6) is 0 Å². The van der Waals surface area contributed by atoms with Crippen LogP contribution in [0.1, 0.15) is 34.0 Å². The number of hydrogen-bond donors (Lipinski definition) is 2. The van der Waals surface area contributed by atoms with E-state index in [-0.39, 0.29) is 23.1 Å². The maximum atomic E-state index is 13.4. The van der Waals surface area contributed by atoms with Crippen LogP contribution in [-0.2, 0) is 12.4 Å². The minimum atomic E-state index is -5.07. The minimum absolute atomic E-state index is 0.0132. The van der Waals surface area contributed by atoms with Crippen LogP contribution in [0.4, 0.5) is 26.3 Å². The molecule has 0 aliphatic rings. The van der Waals surface area contributed by atoms with Crippen LogP contribution >= 0.6 is 11.6 Å². The lowest BCUT2D eigenvalue weighted by Crippen LogP contribution is -2.15. The first kappa shape index (κ1) is 22.6. The number of hydrogen-bond acceptors (Lipinski definition) is 4. The Balaban J connectivity index is 1.99. The van der Waals surface area contributed by atoms with Crippen LogP contribution in [0.25, 0.3) is 11.3 Å². The Hall–Kier alpha value is -3.54. The molecule has 0 fully saturated rings. The summed E-state index contributed by atoms with van der Waals surface area (Å²) in [5.74, 6) is -2.74.